The summed E-state index contributed by atoms with van der Waals surface area (Å²) in [6, 6.07) is 15.9. The van der Waals surface area contributed by atoms with Crippen molar-refractivity contribution in [3.8, 4) is 28.8 Å². The molecule has 184 valence electrons. The number of furan rings is 1. The summed E-state index contributed by atoms with van der Waals surface area (Å²) in [7, 11) is 0. The van der Waals surface area contributed by atoms with Crippen molar-refractivity contribution in [1.29, 1.82) is 0 Å². The third kappa shape index (κ3) is 5.95. The predicted octanol–water partition coefficient (Wildman–Crippen LogP) is 6.44. The van der Waals surface area contributed by atoms with Crippen molar-refractivity contribution in [3.63, 3.8) is 0 Å². The van der Waals surface area contributed by atoms with Gasteiger partial charge in [-0.2, -0.15) is 5.10 Å². The molecule has 8 heteroatoms. The van der Waals surface area contributed by atoms with E-state index in [-0.39, 0.29) is 0 Å². The molecule has 4 aromatic rings. The van der Waals surface area contributed by atoms with E-state index in [1.54, 1.807) is 0 Å². The van der Waals surface area contributed by atoms with Crippen LogP contribution in [0.1, 0.15) is 36.3 Å². The van der Waals surface area contributed by atoms with E-state index in [0.29, 0.717) is 48.5 Å². The lowest BCUT2D eigenvalue weighted by Crippen LogP contribution is -2.05. The second kappa shape index (κ2) is 11.3. The third-order valence-corrected chi connectivity index (χ3v) is 5.88. The smallest absolute Gasteiger partial charge is 0.198 e. The second-order valence-corrected chi connectivity index (χ2v) is 8.61. The van der Waals surface area contributed by atoms with E-state index >= 15 is 0 Å². The summed E-state index contributed by atoms with van der Waals surface area (Å²) < 4.78 is 25.9. The maximum Gasteiger partial charge on any atom is 0.198 e. The highest BCUT2D eigenvalue weighted by atomic mass is 32.1. The van der Waals surface area contributed by atoms with Crippen molar-refractivity contribution < 1.29 is 18.6 Å². The van der Waals surface area contributed by atoms with Gasteiger partial charge in [0.2, 0.25) is 0 Å². The molecular formula is C27H31N3O4S. The van der Waals surface area contributed by atoms with Crippen LogP contribution < -0.4 is 14.2 Å². The molecule has 1 N–H and O–H groups in total. The Kier molecular flexibility index (Phi) is 7.92. The molecule has 0 aliphatic carbocycles. The lowest BCUT2D eigenvalue weighted by molar-refractivity contribution is 0.270. The number of nitrogens with one attached hydrogen (secondary N) is 1. The van der Waals surface area contributed by atoms with Crippen LogP contribution in [0.5, 0.6) is 17.2 Å². The molecule has 0 aliphatic rings. The molecule has 0 saturated carbocycles. The van der Waals surface area contributed by atoms with Crippen LogP contribution in [0.25, 0.3) is 11.6 Å². The standard InChI is InChI=1S/C27H31N3O4S/c1-5-31-23-11-8-20(16-25(23)32-6-2)13-14-30-26(28-29-27(30)35)24-12-9-21(34-24)17-33-22-10-7-18(3)15-19(22)4/h7-12,15-16H,5-6,13-14,17H2,1-4H3,(H,29,35). The number of aromatic nitrogens is 3. The Morgan fingerprint density at radius 3 is 2.46 bits per heavy atom. The number of hydrogen-bond acceptors (Lipinski definition) is 6. The highest BCUT2D eigenvalue weighted by Gasteiger charge is 2.15. The summed E-state index contributed by atoms with van der Waals surface area (Å²) in [6.45, 7) is 10.2. The van der Waals surface area contributed by atoms with E-state index in [2.05, 4.69) is 23.2 Å². The molecule has 7 nitrogen and oxygen atoms in total. The molecule has 0 atom stereocenters. The van der Waals surface area contributed by atoms with Gasteiger partial charge in [-0.3, -0.25) is 9.67 Å². The Labute approximate surface area is 210 Å². The summed E-state index contributed by atoms with van der Waals surface area (Å²) >= 11 is 5.49. The number of H-pyrrole nitrogens is 1. The average molecular weight is 494 g/mol. The van der Waals surface area contributed by atoms with E-state index in [0.717, 1.165) is 34.8 Å². The first kappa shape index (κ1) is 24.6. The molecule has 2 aromatic carbocycles. The molecule has 0 aliphatic heterocycles. The van der Waals surface area contributed by atoms with Gasteiger partial charge >= 0.3 is 0 Å². The maximum atomic E-state index is 6.04. The molecule has 0 unspecified atom stereocenters. The number of benzene rings is 2. The summed E-state index contributed by atoms with van der Waals surface area (Å²) in [6.07, 6.45) is 0.747. The fourth-order valence-electron chi connectivity index (χ4n) is 3.89. The zero-order valence-electron chi connectivity index (χ0n) is 20.6. The number of hydrogen-bond donors (Lipinski definition) is 1. The van der Waals surface area contributed by atoms with Gasteiger partial charge in [0.15, 0.2) is 27.9 Å². The number of rotatable bonds is 11. The third-order valence-electron chi connectivity index (χ3n) is 5.57. The van der Waals surface area contributed by atoms with Crippen LogP contribution in [0.3, 0.4) is 0 Å². The van der Waals surface area contributed by atoms with E-state index in [1.165, 1.54) is 5.56 Å². The molecule has 4 rings (SSSR count). The van der Waals surface area contributed by atoms with E-state index < -0.39 is 0 Å². The molecule has 2 heterocycles. The van der Waals surface area contributed by atoms with Gasteiger partial charge in [0.1, 0.15) is 18.1 Å². The fraction of sp³-hybridized carbons (Fsp3) is 0.333. The monoisotopic (exact) mass is 493 g/mol. The topological polar surface area (TPSA) is 74.4 Å². The van der Waals surface area contributed by atoms with Gasteiger partial charge in [-0.15, -0.1) is 0 Å². The molecule has 0 bridgehead atoms. The first-order chi connectivity index (χ1) is 17.0. The Morgan fingerprint density at radius 1 is 0.914 bits per heavy atom. The lowest BCUT2D eigenvalue weighted by atomic mass is 10.1. The van der Waals surface area contributed by atoms with E-state index in [4.69, 9.17) is 30.8 Å². The van der Waals surface area contributed by atoms with Crippen molar-refractivity contribution in [2.75, 3.05) is 13.2 Å². The van der Waals surface area contributed by atoms with E-state index in [1.807, 2.05) is 67.8 Å². The molecule has 35 heavy (non-hydrogen) atoms. The zero-order chi connectivity index (χ0) is 24.8. The maximum absolute atomic E-state index is 6.04. The van der Waals surface area contributed by atoms with Crippen molar-refractivity contribution in [3.05, 3.63) is 75.8 Å². The summed E-state index contributed by atoms with van der Waals surface area (Å²) in [5.74, 6) is 4.36. The van der Waals surface area contributed by atoms with Gasteiger partial charge in [0, 0.05) is 6.54 Å². The van der Waals surface area contributed by atoms with Gasteiger partial charge in [-0.05, 0) is 87.8 Å². The normalized spacial score (nSPS) is 11.0. The molecule has 0 saturated heterocycles. The molecule has 0 radical (unpaired) electrons. The van der Waals surface area contributed by atoms with Crippen molar-refractivity contribution in [2.24, 2.45) is 0 Å². The number of aryl methyl sites for hydroxylation is 3. The molecule has 0 amide bonds. The minimum atomic E-state index is 0.335. The van der Waals surface area contributed by atoms with Crippen LogP contribution >= 0.6 is 12.2 Å². The van der Waals surface area contributed by atoms with Crippen LogP contribution in [-0.4, -0.2) is 28.0 Å². The lowest BCUT2D eigenvalue weighted by Gasteiger charge is -2.13. The highest BCUT2D eigenvalue weighted by molar-refractivity contribution is 7.71. The van der Waals surface area contributed by atoms with Gasteiger partial charge < -0.3 is 18.6 Å². The van der Waals surface area contributed by atoms with Crippen LogP contribution in [-0.2, 0) is 19.6 Å². The second-order valence-electron chi connectivity index (χ2n) is 8.22. The molecular weight excluding hydrogens is 462 g/mol. The SMILES string of the molecule is CCOc1ccc(CCn2c(-c3ccc(COc4ccc(C)cc4C)o3)n[nH]c2=S)cc1OCC. The Balaban J connectivity index is 1.46. The predicted molar refractivity (Wildman–Crippen MR) is 138 cm³/mol. The van der Waals surface area contributed by atoms with Gasteiger partial charge in [-0.25, -0.2) is 0 Å². The zero-order valence-corrected chi connectivity index (χ0v) is 21.4. The highest BCUT2D eigenvalue weighted by Crippen LogP contribution is 2.29. The van der Waals surface area contributed by atoms with Crippen molar-refractivity contribution >= 4 is 12.2 Å². The fourth-order valence-corrected chi connectivity index (χ4v) is 4.11. The number of ether oxygens (including phenoxy) is 3. The summed E-state index contributed by atoms with van der Waals surface area (Å²) in [4.78, 5) is 0. The van der Waals surface area contributed by atoms with Crippen molar-refractivity contribution in [2.45, 2.75) is 47.3 Å². The van der Waals surface area contributed by atoms with Gasteiger partial charge in [0.05, 0.1) is 13.2 Å². The van der Waals surface area contributed by atoms with Crippen LogP contribution in [0.15, 0.2) is 52.9 Å². The average Bonchev–Trinajstić information content (AvgIpc) is 3.45. The van der Waals surface area contributed by atoms with Crippen LogP contribution in [0.4, 0.5) is 0 Å². The first-order valence-corrected chi connectivity index (χ1v) is 12.2. The molecule has 0 fully saturated rings. The largest absolute Gasteiger partial charge is 0.490 e. The minimum absolute atomic E-state index is 0.335. The van der Waals surface area contributed by atoms with Gasteiger partial charge in [0.25, 0.3) is 0 Å². The first-order valence-electron chi connectivity index (χ1n) is 11.8. The Morgan fingerprint density at radius 2 is 1.69 bits per heavy atom. The minimum Gasteiger partial charge on any atom is -0.490 e. The summed E-state index contributed by atoms with van der Waals surface area (Å²) in [5.41, 5.74) is 3.42. The summed E-state index contributed by atoms with van der Waals surface area (Å²) in [5, 5.41) is 7.29. The quantitative estimate of drug-likeness (QED) is 0.243. The van der Waals surface area contributed by atoms with E-state index in [9.17, 15) is 0 Å². The molecule has 0 spiro atoms. The van der Waals surface area contributed by atoms with Crippen molar-refractivity contribution in [1.82, 2.24) is 14.8 Å². The Bertz CT molecular complexity index is 1340. The molecule has 2 aromatic heterocycles. The Hall–Kier alpha value is -3.52. The number of nitrogens with zero attached hydrogens (tertiary/aromatic N) is 2. The van der Waals surface area contributed by atoms with Crippen LogP contribution in [0, 0.1) is 18.6 Å². The van der Waals surface area contributed by atoms with Gasteiger partial charge in [-0.1, -0.05) is 23.8 Å². The number of aromatic amines is 1. The van der Waals surface area contributed by atoms with Crippen LogP contribution in [0.2, 0.25) is 0 Å².